The maximum absolute atomic E-state index is 10.1. The molecule has 0 saturated carbocycles. The van der Waals surface area contributed by atoms with Gasteiger partial charge in [0.1, 0.15) is 6.23 Å². The third kappa shape index (κ3) is 3.74. The fourth-order valence-corrected chi connectivity index (χ4v) is 3.69. The lowest BCUT2D eigenvalue weighted by Crippen LogP contribution is -2.41. The van der Waals surface area contributed by atoms with E-state index in [1.807, 2.05) is 22.9 Å². The molecular formula is C18H25BN4O4. The summed E-state index contributed by atoms with van der Waals surface area (Å²) in [7, 11) is -0.923. The molecular weight excluding hydrogens is 347 g/mol. The zero-order valence-electron chi connectivity index (χ0n) is 15.3. The lowest BCUT2D eigenvalue weighted by molar-refractivity contribution is 0.0237. The van der Waals surface area contributed by atoms with Crippen molar-refractivity contribution in [2.24, 2.45) is 11.7 Å². The molecule has 0 bridgehead atoms. The number of hydrogen-bond acceptors (Lipinski definition) is 7. The van der Waals surface area contributed by atoms with Gasteiger partial charge in [-0.3, -0.25) is 4.68 Å². The molecule has 1 aromatic heterocycles. The van der Waals surface area contributed by atoms with Gasteiger partial charge in [-0.05, 0) is 41.9 Å². The molecule has 0 radical (unpaired) electrons. The van der Waals surface area contributed by atoms with Gasteiger partial charge in [0.15, 0.2) is 5.82 Å². The SMILES string of the molecule is C[C@H]1CCOC[C@@H]1n1cc(C(N)O)c(Nc2ccc3c(c2)B(O)OCC3)n1. The Morgan fingerprint density at radius 1 is 1.41 bits per heavy atom. The molecule has 1 unspecified atom stereocenters. The normalized spacial score (nSPS) is 23.8. The van der Waals surface area contributed by atoms with Crippen molar-refractivity contribution >= 4 is 24.1 Å². The molecule has 1 saturated heterocycles. The number of aromatic nitrogens is 2. The topological polar surface area (TPSA) is 115 Å². The van der Waals surface area contributed by atoms with E-state index in [0.29, 0.717) is 30.5 Å². The number of anilines is 2. The summed E-state index contributed by atoms with van der Waals surface area (Å²) in [4.78, 5) is 0. The largest absolute Gasteiger partial charge is 0.491 e. The van der Waals surface area contributed by atoms with Gasteiger partial charge in [-0.2, -0.15) is 5.10 Å². The second-order valence-electron chi connectivity index (χ2n) is 7.28. The maximum Gasteiger partial charge on any atom is 0.491 e. The lowest BCUT2D eigenvalue weighted by atomic mass is 9.73. The molecule has 0 amide bonds. The van der Waals surface area contributed by atoms with Crippen molar-refractivity contribution < 1.29 is 19.5 Å². The number of ether oxygens (including phenoxy) is 1. The number of nitrogens with two attached hydrogens (primary N) is 1. The zero-order chi connectivity index (χ0) is 19.0. The molecule has 1 fully saturated rings. The van der Waals surface area contributed by atoms with E-state index in [2.05, 4.69) is 17.3 Å². The van der Waals surface area contributed by atoms with Gasteiger partial charge in [-0.15, -0.1) is 0 Å². The van der Waals surface area contributed by atoms with Crippen LogP contribution in [0.2, 0.25) is 0 Å². The smallest absolute Gasteiger partial charge is 0.423 e. The van der Waals surface area contributed by atoms with Crippen LogP contribution in [0.1, 0.15) is 36.7 Å². The van der Waals surface area contributed by atoms with E-state index >= 15 is 0 Å². The van der Waals surface area contributed by atoms with Gasteiger partial charge in [0.2, 0.25) is 0 Å². The third-order valence-electron chi connectivity index (χ3n) is 5.40. The van der Waals surface area contributed by atoms with Gasteiger partial charge in [0.05, 0.1) is 18.2 Å². The highest BCUT2D eigenvalue weighted by Gasteiger charge is 2.27. The highest BCUT2D eigenvalue weighted by Crippen LogP contribution is 2.30. The van der Waals surface area contributed by atoms with E-state index < -0.39 is 13.3 Å². The summed E-state index contributed by atoms with van der Waals surface area (Å²) >= 11 is 0. The first-order valence-electron chi connectivity index (χ1n) is 9.33. The Bertz CT molecular complexity index is 813. The standard InChI is InChI=1S/C18H25BN4O4/c1-11-4-6-26-10-16(11)23-9-14(17(20)24)18(22-23)21-13-3-2-12-5-7-27-19(25)15(12)8-13/h2-3,8-9,11,16-17,24-25H,4-7,10,20H2,1H3,(H,21,22)/t11-,16-,17?/m0/s1. The van der Waals surface area contributed by atoms with Crippen LogP contribution in [0, 0.1) is 5.92 Å². The second-order valence-corrected chi connectivity index (χ2v) is 7.28. The minimum atomic E-state index is -1.15. The summed E-state index contributed by atoms with van der Waals surface area (Å²) in [5, 5.41) is 27.9. The van der Waals surface area contributed by atoms with Gasteiger partial charge < -0.3 is 30.6 Å². The fraction of sp³-hybridized carbons (Fsp3) is 0.500. The number of fused-ring (bicyclic) bond motifs is 1. The zero-order valence-corrected chi connectivity index (χ0v) is 15.3. The van der Waals surface area contributed by atoms with Crippen molar-refractivity contribution in [3.63, 3.8) is 0 Å². The second kappa shape index (κ2) is 7.61. The van der Waals surface area contributed by atoms with Crippen molar-refractivity contribution in [1.82, 2.24) is 9.78 Å². The number of aliphatic hydroxyl groups excluding tert-OH is 1. The van der Waals surface area contributed by atoms with E-state index in [1.54, 1.807) is 6.20 Å². The van der Waals surface area contributed by atoms with Crippen LogP contribution in [0.15, 0.2) is 24.4 Å². The van der Waals surface area contributed by atoms with E-state index in [4.69, 9.17) is 15.1 Å². The Morgan fingerprint density at radius 2 is 2.26 bits per heavy atom. The van der Waals surface area contributed by atoms with Crippen LogP contribution in [0.3, 0.4) is 0 Å². The van der Waals surface area contributed by atoms with E-state index in [1.165, 1.54) is 0 Å². The highest BCUT2D eigenvalue weighted by molar-refractivity contribution is 6.61. The van der Waals surface area contributed by atoms with E-state index in [9.17, 15) is 10.1 Å². The van der Waals surface area contributed by atoms with Crippen LogP contribution in [0.25, 0.3) is 0 Å². The molecule has 8 nitrogen and oxygen atoms in total. The van der Waals surface area contributed by atoms with Crippen molar-refractivity contribution in [1.29, 1.82) is 0 Å². The molecule has 2 aliphatic heterocycles. The minimum absolute atomic E-state index is 0.102. The Hall–Kier alpha value is -1.91. The molecule has 144 valence electrons. The van der Waals surface area contributed by atoms with Gasteiger partial charge in [-0.25, -0.2) is 0 Å². The molecule has 4 rings (SSSR count). The number of benzene rings is 1. The number of aliphatic hydroxyl groups is 1. The monoisotopic (exact) mass is 372 g/mol. The van der Waals surface area contributed by atoms with Crippen LogP contribution >= 0.6 is 0 Å². The summed E-state index contributed by atoms with van der Waals surface area (Å²) in [6.45, 7) is 4.03. The number of nitrogens with one attached hydrogen (secondary N) is 1. The Morgan fingerprint density at radius 3 is 3.04 bits per heavy atom. The molecule has 2 aromatic rings. The Kier molecular flexibility index (Phi) is 5.20. The van der Waals surface area contributed by atoms with Crippen molar-refractivity contribution in [2.75, 3.05) is 25.1 Å². The summed E-state index contributed by atoms with van der Waals surface area (Å²) in [5.41, 5.74) is 8.83. The summed E-state index contributed by atoms with van der Waals surface area (Å²) in [6, 6.07) is 5.84. The molecule has 0 spiro atoms. The van der Waals surface area contributed by atoms with Crippen molar-refractivity contribution in [3.05, 3.63) is 35.5 Å². The molecule has 3 atom stereocenters. The van der Waals surface area contributed by atoms with Crippen LogP contribution in [-0.2, 0) is 15.8 Å². The average Bonchev–Trinajstić information content (AvgIpc) is 3.07. The van der Waals surface area contributed by atoms with E-state index in [0.717, 1.165) is 36.2 Å². The van der Waals surface area contributed by atoms with Crippen LogP contribution in [0.4, 0.5) is 11.5 Å². The molecule has 0 aliphatic carbocycles. The van der Waals surface area contributed by atoms with Gasteiger partial charge in [0.25, 0.3) is 0 Å². The molecule has 27 heavy (non-hydrogen) atoms. The van der Waals surface area contributed by atoms with Crippen molar-refractivity contribution in [3.8, 4) is 0 Å². The first-order valence-corrected chi connectivity index (χ1v) is 9.33. The minimum Gasteiger partial charge on any atom is -0.423 e. The average molecular weight is 372 g/mol. The quantitative estimate of drug-likeness (QED) is 0.455. The molecule has 2 aliphatic rings. The number of hydrogen-bond donors (Lipinski definition) is 4. The van der Waals surface area contributed by atoms with Gasteiger partial charge in [0, 0.05) is 25.1 Å². The predicted octanol–water partition coefficient (Wildman–Crippen LogP) is 0.434. The maximum atomic E-state index is 10.1. The van der Waals surface area contributed by atoms with Crippen molar-refractivity contribution in [2.45, 2.75) is 32.0 Å². The third-order valence-corrected chi connectivity index (χ3v) is 5.40. The van der Waals surface area contributed by atoms with E-state index in [-0.39, 0.29) is 6.04 Å². The van der Waals surface area contributed by atoms with Crippen LogP contribution in [-0.4, -0.2) is 46.9 Å². The first-order chi connectivity index (χ1) is 13.0. The molecule has 9 heteroatoms. The van der Waals surface area contributed by atoms with Gasteiger partial charge >= 0.3 is 7.12 Å². The predicted molar refractivity (Wildman–Crippen MR) is 102 cm³/mol. The van der Waals surface area contributed by atoms with Gasteiger partial charge in [-0.1, -0.05) is 13.0 Å². The van der Waals surface area contributed by atoms with Crippen LogP contribution in [0.5, 0.6) is 0 Å². The first kappa shape index (κ1) is 18.5. The fourth-order valence-electron chi connectivity index (χ4n) is 3.69. The summed E-state index contributed by atoms with van der Waals surface area (Å²) in [5.74, 6) is 0.916. The molecule has 1 aromatic carbocycles. The highest BCUT2D eigenvalue weighted by atomic mass is 16.5. The molecule has 3 heterocycles. The lowest BCUT2D eigenvalue weighted by Gasteiger charge is -2.28. The number of rotatable bonds is 4. The summed E-state index contributed by atoms with van der Waals surface area (Å²) < 4.78 is 12.7. The Labute approximate surface area is 158 Å². The molecule has 5 N–H and O–H groups in total. The summed E-state index contributed by atoms with van der Waals surface area (Å²) in [6.07, 6.45) is 2.37. The number of nitrogens with zero attached hydrogens (tertiary/aromatic N) is 2. The Balaban J connectivity index is 1.62. The van der Waals surface area contributed by atoms with Crippen LogP contribution < -0.4 is 16.5 Å².